The molecule has 2 atom stereocenters. The Morgan fingerprint density at radius 3 is 2.74 bits per heavy atom. The van der Waals surface area contributed by atoms with Crippen molar-refractivity contribution in [2.24, 2.45) is 5.92 Å². The maximum Gasteiger partial charge on any atom is 0.158 e. The Balaban J connectivity index is 2.24. The Bertz CT molecular complexity index is 648. The molecule has 1 aromatic carbocycles. The lowest BCUT2D eigenvalue weighted by atomic mass is 9.88. The van der Waals surface area contributed by atoms with Crippen LogP contribution in [0.2, 0.25) is 0 Å². The second-order valence-electron chi connectivity index (χ2n) is 4.62. The summed E-state index contributed by atoms with van der Waals surface area (Å²) in [6, 6.07) is 8.97. The molecule has 0 amide bonds. The van der Waals surface area contributed by atoms with Crippen molar-refractivity contribution >= 4 is 31.6 Å². The number of ketones is 1. The molecule has 0 aliphatic carbocycles. The second kappa shape index (κ2) is 5.43. The van der Waals surface area contributed by atoms with Crippen LogP contribution in [0.15, 0.2) is 28.7 Å². The lowest BCUT2D eigenvalue weighted by molar-refractivity contribution is -0.122. The summed E-state index contributed by atoms with van der Waals surface area (Å²) in [5.41, 5.74) is 0.603. The molecule has 0 spiro atoms. The van der Waals surface area contributed by atoms with Gasteiger partial charge in [-0.05, 0) is 24.1 Å². The Morgan fingerprint density at radius 2 is 2.21 bits per heavy atom. The zero-order valence-electron chi connectivity index (χ0n) is 10.0. The predicted octanol–water partition coefficient (Wildman–Crippen LogP) is 2.06. The number of Topliss-reactive ketones (excluding diaryl/α,β-unsaturated/α-hetero) is 1. The second-order valence-corrected chi connectivity index (χ2v) is 7.76. The highest BCUT2D eigenvalue weighted by Crippen LogP contribution is 2.28. The van der Waals surface area contributed by atoms with E-state index in [0.29, 0.717) is 12.0 Å². The number of nitriles is 1. The topological polar surface area (TPSA) is 75.0 Å². The fourth-order valence-electron chi connectivity index (χ4n) is 2.24. The minimum Gasteiger partial charge on any atom is -0.297 e. The number of rotatable bonds is 3. The standard InChI is InChI=1S/C13H12BrNO3S/c14-11-3-1-2-9(6-11)12(7-15)13(16)10-4-5-19(17,18)8-10/h1-3,6,10,12H,4-5,8H2. The van der Waals surface area contributed by atoms with Gasteiger partial charge in [0, 0.05) is 10.4 Å². The van der Waals surface area contributed by atoms with Gasteiger partial charge in [-0.2, -0.15) is 5.26 Å². The molecule has 19 heavy (non-hydrogen) atoms. The highest BCUT2D eigenvalue weighted by molar-refractivity contribution is 9.10. The molecule has 1 saturated heterocycles. The van der Waals surface area contributed by atoms with E-state index in [9.17, 15) is 18.5 Å². The van der Waals surface area contributed by atoms with E-state index in [2.05, 4.69) is 15.9 Å². The van der Waals surface area contributed by atoms with Crippen LogP contribution in [-0.4, -0.2) is 25.7 Å². The van der Waals surface area contributed by atoms with Crippen LogP contribution in [0.1, 0.15) is 17.9 Å². The van der Waals surface area contributed by atoms with Gasteiger partial charge < -0.3 is 0 Å². The first-order valence-corrected chi connectivity index (χ1v) is 8.43. The van der Waals surface area contributed by atoms with E-state index in [1.807, 2.05) is 12.1 Å². The molecule has 0 bridgehead atoms. The number of nitrogens with zero attached hydrogens (tertiary/aromatic N) is 1. The first-order chi connectivity index (χ1) is 8.93. The van der Waals surface area contributed by atoms with Crippen molar-refractivity contribution in [3.8, 4) is 6.07 Å². The number of carbonyl (C=O) groups excluding carboxylic acids is 1. The number of halogens is 1. The molecule has 2 rings (SSSR count). The highest BCUT2D eigenvalue weighted by Gasteiger charge is 2.36. The number of hydrogen-bond acceptors (Lipinski definition) is 4. The zero-order valence-corrected chi connectivity index (χ0v) is 12.4. The fraction of sp³-hybridized carbons (Fsp3) is 0.385. The maximum atomic E-state index is 12.3. The lowest BCUT2D eigenvalue weighted by Gasteiger charge is -2.12. The molecule has 0 saturated carbocycles. The quantitative estimate of drug-likeness (QED) is 0.843. The third kappa shape index (κ3) is 3.23. The largest absolute Gasteiger partial charge is 0.297 e. The van der Waals surface area contributed by atoms with Gasteiger partial charge in [0.05, 0.1) is 17.6 Å². The third-order valence-corrected chi connectivity index (χ3v) is 5.49. The van der Waals surface area contributed by atoms with Crippen molar-refractivity contribution in [1.29, 1.82) is 5.26 Å². The van der Waals surface area contributed by atoms with E-state index < -0.39 is 21.7 Å². The SMILES string of the molecule is N#CC(C(=O)C1CCS(=O)(=O)C1)c1cccc(Br)c1. The average Bonchev–Trinajstić information content (AvgIpc) is 2.71. The van der Waals surface area contributed by atoms with Crippen molar-refractivity contribution in [3.63, 3.8) is 0 Å². The Hall–Kier alpha value is -1.19. The average molecular weight is 342 g/mol. The first-order valence-electron chi connectivity index (χ1n) is 5.82. The third-order valence-electron chi connectivity index (χ3n) is 3.23. The van der Waals surface area contributed by atoms with Crippen LogP contribution in [0, 0.1) is 17.2 Å². The predicted molar refractivity (Wildman–Crippen MR) is 74.3 cm³/mol. The van der Waals surface area contributed by atoms with Crippen LogP contribution < -0.4 is 0 Å². The molecule has 2 unspecified atom stereocenters. The number of hydrogen-bond donors (Lipinski definition) is 0. The Kier molecular flexibility index (Phi) is 4.07. The molecule has 1 aliphatic rings. The molecular formula is C13H12BrNO3S. The summed E-state index contributed by atoms with van der Waals surface area (Å²) in [5.74, 6) is -1.82. The molecule has 1 heterocycles. The zero-order chi connectivity index (χ0) is 14.0. The van der Waals surface area contributed by atoms with Crippen molar-refractivity contribution in [2.75, 3.05) is 11.5 Å². The number of benzene rings is 1. The smallest absolute Gasteiger partial charge is 0.158 e. The Morgan fingerprint density at radius 1 is 1.47 bits per heavy atom. The van der Waals surface area contributed by atoms with Crippen molar-refractivity contribution < 1.29 is 13.2 Å². The van der Waals surface area contributed by atoms with E-state index >= 15 is 0 Å². The van der Waals surface area contributed by atoms with Crippen LogP contribution in [0.4, 0.5) is 0 Å². The molecule has 1 aromatic rings. The van der Waals surface area contributed by atoms with E-state index in [4.69, 9.17) is 0 Å². The molecule has 1 fully saturated rings. The summed E-state index contributed by atoms with van der Waals surface area (Å²) >= 11 is 3.29. The summed E-state index contributed by atoms with van der Waals surface area (Å²) in [6.07, 6.45) is 0.327. The molecule has 0 radical (unpaired) electrons. The number of sulfone groups is 1. The van der Waals surface area contributed by atoms with Crippen molar-refractivity contribution in [3.05, 3.63) is 34.3 Å². The lowest BCUT2D eigenvalue weighted by Crippen LogP contribution is -2.22. The summed E-state index contributed by atoms with van der Waals surface area (Å²) in [7, 11) is -3.11. The highest BCUT2D eigenvalue weighted by atomic mass is 79.9. The maximum absolute atomic E-state index is 12.3. The van der Waals surface area contributed by atoms with Gasteiger partial charge >= 0.3 is 0 Å². The van der Waals surface area contributed by atoms with Gasteiger partial charge in [-0.25, -0.2) is 8.42 Å². The molecule has 4 nitrogen and oxygen atoms in total. The monoisotopic (exact) mass is 341 g/mol. The molecule has 1 aliphatic heterocycles. The van der Waals surface area contributed by atoms with Gasteiger partial charge in [0.1, 0.15) is 5.92 Å². The minimum atomic E-state index is -3.11. The van der Waals surface area contributed by atoms with E-state index in [1.54, 1.807) is 18.2 Å². The van der Waals surface area contributed by atoms with Crippen LogP contribution in [0.5, 0.6) is 0 Å². The van der Waals surface area contributed by atoms with E-state index in [0.717, 1.165) is 4.47 Å². The van der Waals surface area contributed by atoms with Gasteiger partial charge in [-0.3, -0.25) is 4.79 Å². The van der Waals surface area contributed by atoms with E-state index in [1.165, 1.54) is 0 Å². The minimum absolute atomic E-state index is 0.0417. The Labute approximate surface area is 120 Å². The van der Waals surface area contributed by atoms with Gasteiger partial charge in [0.25, 0.3) is 0 Å². The summed E-state index contributed by atoms with van der Waals surface area (Å²) in [5, 5.41) is 9.20. The van der Waals surface area contributed by atoms with Gasteiger partial charge in [-0.15, -0.1) is 0 Å². The van der Waals surface area contributed by atoms with Crippen LogP contribution >= 0.6 is 15.9 Å². The molecule has 100 valence electrons. The molecule has 6 heteroatoms. The van der Waals surface area contributed by atoms with Crippen molar-refractivity contribution in [1.82, 2.24) is 0 Å². The van der Waals surface area contributed by atoms with Crippen LogP contribution in [0.25, 0.3) is 0 Å². The summed E-state index contributed by atoms with van der Waals surface area (Å²) in [6.45, 7) is 0. The normalized spacial score (nSPS) is 22.6. The van der Waals surface area contributed by atoms with Crippen LogP contribution in [-0.2, 0) is 14.6 Å². The molecular weight excluding hydrogens is 330 g/mol. The van der Waals surface area contributed by atoms with Crippen LogP contribution in [0.3, 0.4) is 0 Å². The van der Waals surface area contributed by atoms with Gasteiger partial charge in [-0.1, -0.05) is 28.1 Å². The molecule has 0 N–H and O–H groups in total. The van der Waals surface area contributed by atoms with Crippen molar-refractivity contribution in [2.45, 2.75) is 12.3 Å². The summed E-state index contributed by atoms with van der Waals surface area (Å²) < 4.78 is 23.6. The number of carbonyl (C=O) groups is 1. The van der Waals surface area contributed by atoms with Gasteiger partial charge in [0.15, 0.2) is 15.6 Å². The molecule has 0 aromatic heterocycles. The van der Waals surface area contributed by atoms with Gasteiger partial charge in [0.2, 0.25) is 0 Å². The summed E-state index contributed by atoms with van der Waals surface area (Å²) in [4.78, 5) is 12.3. The van der Waals surface area contributed by atoms with E-state index in [-0.39, 0.29) is 17.3 Å². The first kappa shape index (κ1) is 14.2. The fourth-order valence-corrected chi connectivity index (χ4v) is 4.41.